The monoisotopic (exact) mass is 344 g/mol. The topological polar surface area (TPSA) is 90.0 Å². The molecular formula is C13H21BrN4O2. The van der Waals surface area contributed by atoms with Gasteiger partial charge < -0.3 is 11.1 Å². The lowest BCUT2D eigenvalue weighted by molar-refractivity contribution is -0.118. The van der Waals surface area contributed by atoms with Crippen LogP contribution in [0.25, 0.3) is 0 Å². The molecule has 20 heavy (non-hydrogen) atoms. The lowest BCUT2D eigenvalue weighted by atomic mass is 10.00. The van der Waals surface area contributed by atoms with Crippen molar-refractivity contribution in [1.82, 2.24) is 9.78 Å². The number of hydrogen-bond acceptors (Lipinski definition) is 4. The predicted octanol–water partition coefficient (Wildman–Crippen LogP) is 1.87. The summed E-state index contributed by atoms with van der Waals surface area (Å²) in [5.41, 5.74) is 5.05. The Hall–Kier alpha value is -1.37. The number of nitrogens with one attached hydrogen (secondary N) is 1. The van der Waals surface area contributed by atoms with Gasteiger partial charge in [0.25, 0.3) is 5.56 Å². The molecular weight excluding hydrogens is 324 g/mol. The van der Waals surface area contributed by atoms with Crippen LogP contribution in [0.4, 0.5) is 5.69 Å². The lowest BCUT2D eigenvalue weighted by Gasteiger charge is -2.26. The van der Waals surface area contributed by atoms with Crippen LogP contribution in [0.5, 0.6) is 0 Å². The minimum atomic E-state index is -0.544. The maximum Gasteiger partial charge on any atom is 0.283 e. The molecule has 0 aliphatic heterocycles. The van der Waals surface area contributed by atoms with Crippen LogP contribution in [0.2, 0.25) is 0 Å². The van der Waals surface area contributed by atoms with E-state index < -0.39 is 11.4 Å². The van der Waals surface area contributed by atoms with Crippen molar-refractivity contribution in [2.45, 2.75) is 52.1 Å². The Morgan fingerprint density at radius 3 is 2.75 bits per heavy atom. The van der Waals surface area contributed by atoms with Crippen molar-refractivity contribution in [3.63, 3.8) is 0 Å². The Labute approximate surface area is 126 Å². The highest BCUT2D eigenvalue weighted by Crippen LogP contribution is 2.22. The molecule has 0 radical (unpaired) electrons. The average Bonchev–Trinajstić information content (AvgIpc) is 2.32. The number of aromatic nitrogens is 2. The predicted molar refractivity (Wildman–Crippen MR) is 82.6 cm³/mol. The first-order valence-electron chi connectivity index (χ1n) is 6.59. The third kappa shape index (κ3) is 4.63. The molecule has 1 aromatic rings. The molecule has 0 unspecified atom stereocenters. The first-order valence-corrected chi connectivity index (χ1v) is 7.38. The average molecular weight is 345 g/mol. The van der Waals surface area contributed by atoms with Crippen molar-refractivity contribution >= 4 is 27.5 Å². The number of carbonyl (C=O) groups is 1. The Bertz CT molecular complexity index is 540. The summed E-state index contributed by atoms with van der Waals surface area (Å²) in [5, 5.41) is 7.25. The number of primary amides is 1. The summed E-state index contributed by atoms with van der Waals surface area (Å²) in [6.07, 6.45) is 3.65. The summed E-state index contributed by atoms with van der Waals surface area (Å²) >= 11 is 3.29. The van der Waals surface area contributed by atoms with Crippen molar-refractivity contribution < 1.29 is 4.79 Å². The summed E-state index contributed by atoms with van der Waals surface area (Å²) in [4.78, 5) is 23.1. The van der Waals surface area contributed by atoms with Gasteiger partial charge in [-0.2, -0.15) is 5.10 Å². The van der Waals surface area contributed by atoms with E-state index in [1.165, 1.54) is 4.68 Å². The Morgan fingerprint density at radius 2 is 2.20 bits per heavy atom. The SMILES string of the molecule is CCCCn1ncc(NC(C)(C)CC(N)=O)c(Br)c1=O. The van der Waals surface area contributed by atoms with Crippen LogP contribution in [0.15, 0.2) is 15.5 Å². The zero-order valence-corrected chi connectivity index (χ0v) is 13.7. The second-order valence-electron chi connectivity index (χ2n) is 5.41. The van der Waals surface area contributed by atoms with E-state index in [0.717, 1.165) is 12.8 Å². The minimum Gasteiger partial charge on any atom is -0.377 e. The number of halogens is 1. The molecule has 1 heterocycles. The van der Waals surface area contributed by atoms with Gasteiger partial charge in [-0.3, -0.25) is 9.59 Å². The zero-order chi connectivity index (χ0) is 15.3. The van der Waals surface area contributed by atoms with Gasteiger partial charge in [0.05, 0.1) is 11.9 Å². The smallest absolute Gasteiger partial charge is 0.283 e. The molecule has 1 amide bonds. The largest absolute Gasteiger partial charge is 0.377 e. The van der Waals surface area contributed by atoms with Gasteiger partial charge in [-0.15, -0.1) is 0 Å². The number of amides is 1. The highest BCUT2D eigenvalue weighted by molar-refractivity contribution is 9.10. The standard InChI is InChI=1S/C13H21BrN4O2/c1-4-5-6-18-12(20)11(14)9(8-16-18)17-13(2,3)7-10(15)19/h8,17H,4-7H2,1-3H3,(H2,15,19). The second kappa shape index (κ2) is 6.88. The summed E-state index contributed by atoms with van der Waals surface area (Å²) in [7, 11) is 0. The van der Waals surface area contributed by atoms with E-state index in [1.54, 1.807) is 6.20 Å². The number of rotatable bonds is 7. The van der Waals surface area contributed by atoms with E-state index in [4.69, 9.17) is 5.73 Å². The van der Waals surface area contributed by atoms with Gasteiger partial charge in [0.1, 0.15) is 4.47 Å². The van der Waals surface area contributed by atoms with Crippen molar-refractivity contribution in [2.75, 3.05) is 5.32 Å². The molecule has 0 bridgehead atoms. The normalized spacial score (nSPS) is 11.4. The minimum absolute atomic E-state index is 0.165. The zero-order valence-electron chi connectivity index (χ0n) is 12.1. The molecule has 7 heteroatoms. The highest BCUT2D eigenvalue weighted by atomic mass is 79.9. The van der Waals surface area contributed by atoms with Gasteiger partial charge in [-0.25, -0.2) is 4.68 Å². The van der Waals surface area contributed by atoms with Crippen molar-refractivity contribution in [1.29, 1.82) is 0 Å². The molecule has 0 aliphatic rings. The van der Waals surface area contributed by atoms with E-state index in [2.05, 4.69) is 33.3 Å². The summed E-state index contributed by atoms with van der Waals surface area (Å²) < 4.78 is 1.85. The molecule has 3 N–H and O–H groups in total. The fourth-order valence-corrected chi connectivity index (χ4v) is 2.27. The van der Waals surface area contributed by atoms with Gasteiger partial charge >= 0.3 is 0 Å². The van der Waals surface area contributed by atoms with Crippen LogP contribution >= 0.6 is 15.9 Å². The fourth-order valence-electron chi connectivity index (χ4n) is 1.86. The van der Waals surface area contributed by atoms with Crippen LogP contribution < -0.4 is 16.6 Å². The lowest BCUT2D eigenvalue weighted by Crippen LogP contribution is -2.37. The molecule has 0 aliphatic carbocycles. The van der Waals surface area contributed by atoms with Crippen molar-refractivity contribution in [2.24, 2.45) is 5.73 Å². The quantitative estimate of drug-likeness (QED) is 0.789. The maximum atomic E-state index is 12.1. The van der Waals surface area contributed by atoms with Crippen molar-refractivity contribution in [3.8, 4) is 0 Å². The third-order valence-electron chi connectivity index (χ3n) is 2.80. The number of aryl methyl sites for hydroxylation is 1. The number of anilines is 1. The fraction of sp³-hybridized carbons (Fsp3) is 0.615. The number of unbranched alkanes of at least 4 members (excludes halogenated alkanes) is 1. The van der Waals surface area contributed by atoms with Gasteiger partial charge in [0.15, 0.2) is 0 Å². The molecule has 1 aromatic heterocycles. The van der Waals surface area contributed by atoms with Gasteiger partial charge in [-0.05, 0) is 36.2 Å². The first kappa shape index (κ1) is 16.7. The van der Waals surface area contributed by atoms with E-state index in [1.807, 2.05) is 13.8 Å². The molecule has 1 rings (SSSR count). The Kier molecular flexibility index (Phi) is 5.74. The molecule has 0 saturated carbocycles. The summed E-state index contributed by atoms with van der Waals surface area (Å²) in [5.74, 6) is -0.400. The summed E-state index contributed by atoms with van der Waals surface area (Å²) in [6.45, 7) is 6.33. The number of nitrogens with zero attached hydrogens (tertiary/aromatic N) is 2. The van der Waals surface area contributed by atoms with E-state index in [9.17, 15) is 9.59 Å². The Morgan fingerprint density at radius 1 is 1.55 bits per heavy atom. The molecule has 0 aromatic carbocycles. The molecule has 0 saturated heterocycles. The van der Waals surface area contributed by atoms with Gasteiger partial charge in [-0.1, -0.05) is 13.3 Å². The van der Waals surface area contributed by atoms with E-state index in [0.29, 0.717) is 16.7 Å². The Balaban J connectivity index is 2.95. The molecule has 0 fully saturated rings. The number of carbonyl (C=O) groups excluding carboxylic acids is 1. The van der Waals surface area contributed by atoms with E-state index in [-0.39, 0.29) is 12.0 Å². The van der Waals surface area contributed by atoms with Crippen molar-refractivity contribution in [3.05, 3.63) is 21.0 Å². The molecule has 112 valence electrons. The number of hydrogen-bond donors (Lipinski definition) is 2. The van der Waals surface area contributed by atoms with Crippen LogP contribution in [-0.2, 0) is 11.3 Å². The highest BCUT2D eigenvalue weighted by Gasteiger charge is 2.22. The second-order valence-corrected chi connectivity index (χ2v) is 6.20. The maximum absolute atomic E-state index is 12.1. The molecule has 0 atom stereocenters. The van der Waals surface area contributed by atoms with Crippen LogP contribution in [-0.4, -0.2) is 21.2 Å². The number of nitrogens with two attached hydrogens (primary N) is 1. The summed E-state index contributed by atoms with van der Waals surface area (Å²) in [6, 6.07) is 0. The van der Waals surface area contributed by atoms with Crippen LogP contribution in [0, 0.1) is 0 Å². The van der Waals surface area contributed by atoms with E-state index >= 15 is 0 Å². The van der Waals surface area contributed by atoms with Gasteiger partial charge in [0.2, 0.25) is 5.91 Å². The van der Waals surface area contributed by atoms with Gasteiger partial charge in [0, 0.05) is 18.5 Å². The third-order valence-corrected chi connectivity index (χ3v) is 3.56. The molecule has 0 spiro atoms. The molecule has 6 nitrogen and oxygen atoms in total. The van der Waals surface area contributed by atoms with Crippen LogP contribution in [0.3, 0.4) is 0 Å². The first-order chi connectivity index (χ1) is 9.26. The van der Waals surface area contributed by atoms with Crippen LogP contribution in [0.1, 0.15) is 40.0 Å².